The Morgan fingerprint density at radius 2 is 2.07 bits per heavy atom. The quantitative estimate of drug-likeness (QED) is 0.768. The first-order valence-electron chi connectivity index (χ1n) is 10.5. The second-order valence-corrected chi connectivity index (χ2v) is 9.11. The standard InChI is InChI=1S/C21H29F3N4O2/c1-12(2)6-13-10-30-11-17(26-16(13)9-29)15-8-25-14-7-18(28(3)19(14)27-15)20(4-5-20)21(22,23)24/h7-8,12-13,16-17,26,29H,4-6,9-11H2,1-3H3/t13-,16+,17?/m1/s1. The molecule has 30 heavy (non-hydrogen) atoms. The summed E-state index contributed by atoms with van der Waals surface area (Å²) in [5, 5.41) is 13.3. The Bertz CT molecular complexity index is 908. The van der Waals surface area contributed by atoms with Crippen LogP contribution in [0.1, 0.15) is 50.5 Å². The first-order valence-corrected chi connectivity index (χ1v) is 10.5. The van der Waals surface area contributed by atoms with Crippen LogP contribution in [0.25, 0.3) is 11.2 Å². The Morgan fingerprint density at radius 1 is 1.33 bits per heavy atom. The van der Waals surface area contributed by atoms with Gasteiger partial charge in [-0.15, -0.1) is 0 Å². The Hall–Kier alpha value is -1.71. The molecule has 3 heterocycles. The molecule has 2 N–H and O–H groups in total. The van der Waals surface area contributed by atoms with Gasteiger partial charge in [0.2, 0.25) is 0 Å². The van der Waals surface area contributed by atoms with Gasteiger partial charge in [0.05, 0.1) is 37.8 Å². The van der Waals surface area contributed by atoms with E-state index in [0.717, 1.165) is 6.42 Å². The summed E-state index contributed by atoms with van der Waals surface area (Å²) in [4.78, 5) is 9.05. The average Bonchev–Trinajstić information content (AvgIpc) is 3.45. The monoisotopic (exact) mass is 426 g/mol. The van der Waals surface area contributed by atoms with Crippen LogP contribution in [0.5, 0.6) is 0 Å². The number of halogens is 3. The fraction of sp³-hybridized carbons (Fsp3) is 0.714. The van der Waals surface area contributed by atoms with Crippen molar-refractivity contribution >= 4 is 11.2 Å². The second-order valence-electron chi connectivity index (χ2n) is 9.11. The van der Waals surface area contributed by atoms with Crippen molar-refractivity contribution in [2.45, 2.75) is 56.8 Å². The number of hydrogen-bond acceptors (Lipinski definition) is 5. The van der Waals surface area contributed by atoms with Gasteiger partial charge in [-0.25, -0.2) is 4.98 Å². The third-order valence-corrected chi connectivity index (χ3v) is 6.46. The number of hydrogen-bond donors (Lipinski definition) is 2. The molecule has 1 saturated carbocycles. The maximum Gasteiger partial charge on any atom is 0.399 e. The number of aromatic nitrogens is 3. The van der Waals surface area contributed by atoms with Gasteiger partial charge in [-0.1, -0.05) is 13.8 Å². The molecule has 9 heteroatoms. The van der Waals surface area contributed by atoms with Gasteiger partial charge >= 0.3 is 6.18 Å². The minimum absolute atomic E-state index is 0.0185. The van der Waals surface area contributed by atoms with Gasteiger partial charge in [0.25, 0.3) is 0 Å². The van der Waals surface area contributed by atoms with Crippen LogP contribution in [0.3, 0.4) is 0 Å². The molecular weight excluding hydrogens is 397 g/mol. The molecule has 2 fully saturated rings. The molecule has 0 bridgehead atoms. The van der Waals surface area contributed by atoms with E-state index in [2.05, 4.69) is 29.1 Å². The van der Waals surface area contributed by atoms with E-state index in [1.165, 1.54) is 10.6 Å². The van der Waals surface area contributed by atoms with Crippen molar-refractivity contribution in [1.82, 2.24) is 19.9 Å². The number of aliphatic hydroxyl groups excluding tert-OH is 1. The van der Waals surface area contributed by atoms with Gasteiger partial charge in [0.1, 0.15) is 10.9 Å². The van der Waals surface area contributed by atoms with E-state index in [1.807, 2.05) is 0 Å². The summed E-state index contributed by atoms with van der Waals surface area (Å²) in [7, 11) is 1.62. The van der Waals surface area contributed by atoms with Gasteiger partial charge in [-0.3, -0.25) is 4.98 Å². The smallest absolute Gasteiger partial charge is 0.395 e. The van der Waals surface area contributed by atoms with Crippen molar-refractivity contribution in [2.75, 3.05) is 19.8 Å². The highest BCUT2D eigenvalue weighted by Crippen LogP contribution is 2.59. The van der Waals surface area contributed by atoms with E-state index < -0.39 is 11.6 Å². The van der Waals surface area contributed by atoms with Gasteiger partial charge < -0.3 is 19.7 Å². The van der Waals surface area contributed by atoms with Gasteiger partial charge in [-0.2, -0.15) is 13.2 Å². The van der Waals surface area contributed by atoms with Crippen LogP contribution >= 0.6 is 0 Å². The molecule has 1 saturated heterocycles. The van der Waals surface area contributed by atoms with Crippen molar-refractivity contribution in [3.63, 3.8) is 0 Å². The predicted octanol–water partition coefficient (Wildman–Crippen LogP) is 3.25. The summed E-state index contributed by atoms with van der Waals surface area (Å²) in [6.07, 6.45) is -1.57. The van der Waals surface area contributed by atoms with Crippen LogP contribution in [-0.2, 0) is 17.2 Å². The first kappa shape index (κ1) is 21.5. The zero-order chi connectivity index (χ0) is 21.7. The summed E-state index contributed by atoms with van der Waals surface area (Å²) < 4.78 is 48.2. The molecule has 0 amide bonds. The normalized spacial score (nSPS) is 26.9. The molecule has 2 aliphatic rings. The lowest BCUT2D eigenvalue weighted by atomic mass is 9.91. The molecule has 1 aliphatic heterocycles. The lowest BCUT2D eigenvalue weighted by Crippen LogP contribution is -2.41. The summed E-state index contributed by atoms with van der Waals surface area (Å²) in [6, 6.07) is 1.09. The summed E-state index contributed by atoms with van der Waals surface area (Å²) in [5.41, 5.74) is -0.0608. The summed E-state index contributed by atoms with van der Waals surface area (Å²) in [6.45, 7) is 5.17. The van der Waals surface area contributed by atoms with E-state index in [-0.39, 0.29) is 43.1 Å². The van der Waals surface area contributed by atoms with Crippen LogP contribution in [0.2, 0.25) is 0 Å². The lowest BCUT2D eigenvalue weighted by Gasteiger charge is -2.26. The Balaban J connectivity index is 1.63. The number of nitrogens with zero attached hydrogens (tertiary/aromatic N) is 3. The summed E-state index contributed by atoms with van der Waals surface area (Å²) >= 11 is 0. The fourth-order valence-corrected chi connectivity index (χ4v) is 4.63. The van der Waals surface area contributed by atoms with Crippen LogP contribution in [0, 0.1) is 11.8 Å². The molecule has 166 valence electrons. The van der Waals surface area contributed by atoms with Gasteiger partial charge in [0.15, 0.2) is 5.65 Å². The van der Waals surface area contributed by atoms with Gasteiger partial charge in [-0.05, 0) is 31.2 Å². The highest BCUT2D eigenvalue weighted by atomic mass is 19.4. The maximum absolute atomic E-state index is 13.6. The molecule has 0 aromatic carbocycles. The molecule has 4 rings (SSSR count). The minimum Gasteiger partial charge on any atom is -0.395 e. The molecule has 2 aromatic rings. The highest BCUT2D eigenvalue weighted by Gasteiger charge is 2.65. The van der Waals surface area contributed by atoms with Gasteiger partial charge in [0, 0.05) is 24.7 Å². The number of alkyl halides is 3. The molecular formula is C21H29F3N4O2. The Labute approximate surface area is 173 Å². The van der Waals surface area contributed by atoms with Crippen molar-refractivity contribution in [1.29, 1.82) is 0 Å². The lowest BCUT2D eigenvalue weighted by molar-refractivity contribution is -0.162. The number of aliphatic hydroxyl groups is 1. The van der Waals surface area contributed by atoms with E-state index in [4.69, 9.17) is 4.74 Å². The van der Waals surface area contributed by atoms with E-state index in [9.17, 15) is 18.3 Å². The van der Waals surface area contributed by atoms with Crippen LogP contribution < -0.4 is 5.32 Å². The Morgan fingerprint density at radius 3 is 2.67 bits per heavy atom. The van der Waals surface area contributed by atoms with Crippen molar-refractivity contribution in [2.24, 2.45) is 18.9 Å². The largest absolute Gasteiger partial charge is 0.399 e. The SMILES string of the molecule is CC(C)C[C@@H]1COCC(c2cnc3cc(C4(C(F)(F)F)CC4)n(C)c3n2)N[C@H]1CO. The molecule has 1 unspecified atom stereocenters. The van der Waals surface area contributed by atoms with E-state index in [0.29, 0.717) is 36.0 Å². The zero-order valence-corrected chi connectivity index (χ0v) is 17.5. The van der Waals surface area contributed by atoms with E-state index in [1.54, 1.807) is 13.2 Å². The topological polar surface area (TPSA) is 72.2 Å². The molecule has 0 radical (unpaired) electrons. The number of ether oxygens (including phenoxy) is 1. The predicted molar refractivity (Wildman–Crippen MR) is 106 cm³/mol. The number of rotatable bonds is 5. The second kappa shape index (κ2) is 7.76. The minimum atomic E-state index is -4.28. The third-order valence-electron chi connectivity index (χ3n) is 6.46. The molecule has 6 nitrogen and oxygen atoms in total. The number of aryl methyl sites for hydroxylation is 1. The van der Waals surface area contributed by atoms with Crippen molar-refractivity contribution < 1.29 is 23.0 Å². The highest BCUT2D eigenvalue weighted by molar-refractivity contribution is 5.74. The molecule has 2 aromatic heterocycles. The number of fused-ring (bicyclic) bond motifs is 1. The maximum atomic E-state index is 13.6. The molecule has 0 spiro atoms. The van der Waals surface area contributed by atoms with Crippen molar-refractivity contribution in [3.05, 3.63) is 23.7 Å². The van der Waals surface area contributed by atoms with Crippen molar-refractivity contribution in [3.8, 4) is 0 Å². The zero-order valence-electron chi connectivity index (χ0n) is 17.5. The fourth-order valence-electron chi connectivity index (χ4n) is 4.63. The Kier molecular flexibility index (Phi) is 5.57. The summed E-state index contributed by atoms with van der Waals surface area (Å²) in [5.74, 6) is 0.659. The van der Waals surface area contributed by atoms with Crippen LogP contribution in [0.4, 0.5) is 13.2 Å². The third kappa shape index (κ3) is 3.71. The average molecular weight is 426 g/mol. The van der Waals surface area contributed by atoms with E-state index >= 15 is 0 Å². The number of nitrogens with one attached hydrogen (secondary N) is 1. The first-order chi connectivity index (χ1) is 14.2. The molecule has 3 atom stereocenters. The molecule has 1 aliphatic carbocycles. The van der Waals surface area contributed by atoms with Crippen LogP contribution in [-0.4, -0.2) is 51.7 Å². The van der Waals surface area contributed by atoms with Crippen LogP contribution in [0.15, 0.2) is 12.3 Å².